The van der Waals surface area contributed by atoms with E-state index in [4.69, 9.17) is 5.73 Å². The molecule has 0 aliphatic rings. The lowest BCUT2D eigenvalue weighted by molar-refractivity contribution is 0.404. The molecule has 0 saturated heterocycles. The zero-order chi connectivity index (χ0) is 12.1. The first-order chi connectivity index (χ1) is 7.56. The van der Waals surface area contributed by atoms with E-state index in [1.54, 1.807) is 0 Å². The third-order valence-electron chi connectivity index (χ3n) is 3.33. The molecular formula is C14H24N2. The average molecular weight is 220 g/mol. The minimum Gasteiger partial charge on any atom is -0.329 e. The maximum Gasteiger partial charge on any atom is 0.0216 e. The van der Waals surface area contributed by atoms with Crippen LogP contribution in [0.1, 0.15) is 30.5 Å². The van der Waals surface area contributed by atoms with Crippen LogP contribution in [0.2, 0.25) is 0 Å². The second-order valence-corrected chi connectivity index (χ2v) is 4.83. The van der Waals surface area contributed by atoms with Crippen LogP contribution in [0, 0.1) is 19.8 Å². The fourth-order valence-corrected chi connectivity index (χ4v) is 1.84. The van der Waals surface area contributed by atoms with E-state index in [1.165, 1.54) is 16.7 Å². The Morgan fingerprint density at radius 2 is 1.94 bits per heavy atom. The van der Waals surface area contributed by atoms with Crippen LogP contribution in [-0.2, 0) is 6.54 Å². The molecule has 1 atom stereocenters. The summed E-state index contributed by atoms with van der Waals surface area (Å²) in [5.41, 5.74) is 9.86. The molecule has 0 saturated carbocycles. The summed E-state index contributed by atoms with van der Waals surface area (Å²) >= 11 is 0. The molecule has 0 aliphatic carbocycles. The smallest absolute Gasteiger partial charge is 0.0216 e. The van der Waals surface area contributed by atoms with Crippen LogP contribution >= 0.6 is 0 Å². The lowest BCUT2D eigenvalue weighted by Gasteiger charge is -2.21. The first-order valence-corrected chi connectivity index (χ1v) is 6.04. The first kappa shape index (κ1) is 13.2. The van der Waals surface area contributed by atoms with Gasteiger partial charge in [0.05, 0.1) is 0 Å². The molecule has 2 heteroatoms. The average Bonchev–Trinajstić information content (AvgIpc) is 2.24. The van der Waals surface area contributed by atoms with Gasteiger partial charge in [-0.05, 0) is 36.5 Å². The van der Waals surface area contributed by atoms with Crippen molar-refractivity contribution in [3.63, 3.8) is 0 Å². The van der Waals surface area contributed by atoms with Gasteiger partial charge in [0.1, 0.15) is 0 Å². The molecule has 1 rings (SSSR count). The summed E-state index contributed by atoms with van der Waals surface area (Å²) in [5, 5.41) is 3.53. The normalized spacial score (nSPS) is 13.1. The number of aryl methyl sites for hydroxylation is 1. The molecule has 0 spiro atoms. The number of nitrogens with two attached hydrogens (primary N) is 1. The van der Waals surface area contributed by atoms with Gasteiger partial charge in [0.2, 0.25) is 0 Å². The Morgan fingerprint density at radius 1 is 1.25 bits per heavy atom. The lowest BCUT2D eigenvalue weighted by Crippen LogP contribution is -2.39. The summed E-state index contributed by atoms with van der Waals surface area (Å²) in [4.78, 5) is 0. The van der Waals surface area contributed by atoms with Crippen LogP contribution in [0.4, 0.5) is 0 Å². The zero-order valence-corrected chi connectivity index (χ0v) is 10.9. The van der Waals surface area contributed by atoms with Gasteiger partial charge < -0.3 is 11.1 Å². The molecule has 0 amide bonds. The van der Waals surface area contributed by atoms with Crippen molar-refractivity contribution in [3.8, 4) is 0 Å². The van der Waals surface area contributed by atoms with E-state index < -0.39 is 0 Å². The molecule has 1 unspecified atom stereocenters. The number of benzene rings is 1. The lowest BCUT2D eigenvalue weighted by atomic mass is 10.0. The van der Waals surface area contributed by atoms with Gasteiger partial charge in [-0.1, -0.05) is 32.0 Å². The highest BCUT2D eigenvalue weighted by atomic mass is 14.9. The van der Waals surface area contributed by atoms with E-state index in [0.29, 0.717) is 18.5 Å². The van der Waals surface area contributed by atoms with Crippen LogP contribution in [0.15, 0.2) is 18.2 Å². The fourth-order valence-electron chi connectivity index (χ4n) is 1.84. The van der Waals surface area contributed by atoms with Gasteiger partial charge in [-0.2, -0.15) is 0 Å². The van der Waals surface area contributed by atoms with Crippen molar-refractivity contribution in [2.24, 2.45) is 11.7 Å². The van der Waals surface area contributed by atoms with Gasteiger partial charge in [-0.25, -0.2) is 0 Å². The number of hydrogen-bond acceptors (Lipinski definition) is 2. The Hall–Kier alpha value is -0.860. The van der Waals surface area contributed by atoms with Crippen LogP contribution in [0.25, 0.3) is 0 Å². The Morgan fingerprint density at radius 3 is 2.50 bits per heavy atom. The molecule has 16 heavy (non-hydrogen) atoms. The van der Waals surface area contributed by atoms with Gasteiger partial charge in [0, 0.05) is 19.1 Å². The third kappa shape index (κ3) is 3.32. The van der Waals surface area contributed by atoms with Crippen molar-refractivity contribution in [3.05, 3.63) is 34.9 Å². The maximum atomic E-state index is 5.74. The number of rotatable bonds is 5. The predicted octanol–water partition coefficient (Wildman–Crippen LogP) is 2.38. The fraction of sp³-hybridized carbons (Fsp3) is 0.571. The summed E-state index contributed by atoms with van der Waals surface area (Å²) in [7, 11) is 0. The maximum absolute atomic E-state index is 5.74. The monoisotopic (exact) mass is 220 g/mol. The highest BCUT2D eigenvalue weighted by molar-refractivity contribution is 5.32. The van der Waals surface area contributed by atoms with E-state index in [-0.39, 0.29) is 0 Å². The molecule has 0 aliphatic heterocycles. The molecule has 3 N–H and O–H groups in total. The summed E-state index contributed by atoms with van der Waals surface area (Å²) in [6, 6.07) is 6.86. The van der Waals surface area contributed by atoms with Crippen LogP contribution in [-0.4, -0.2) is 12.6 Å². The SMILES string of the molecule is Cc1cccc(CNC(CN)C(C)C)c1C. The van der Waals surface area contributed by atoms with Crippen LogP contribution in [0.5, 0.6) is 0 Å². The molecule has 1 aromatic rings. The molecule has 0 fully saturated rings. The quantitative estimate of drug-likeness (QED) is 0.799. The highest BCUT2D eigenvalue weighted by Gasteiger charge is 2.10. The topological polar surface area (TPSA) is 38.0 Å². The van der Waals surface area contributed by atoms with E-state index in [2.05, 4.69) is 51.2 Å². The molecular weight excluding hydrogens is 196 g/mol. The predicted molar refractivity (Wildman–Crippen MR) is 70.4 cm³/mol. The summed E-state index contributed by atoms with van der Waals surface area (Å²) in [6.07, 6.45) is 0. The van der Waals surface area contributed by atoms with Crippen molar-refractivity contribution < 1.29 is 0 Å². The molecule has 2 nitrogen and oxygen atoms in total. The van der Waals surface area contributed by atoms with Gasteiger partial charge in [-0.3, -0.25) is 0 Å². The molecule has 0 aromatic heterocycles. The molecule has 0 heterocycles. The molecule has 0 radical (unpaired) electrons. The number of hydrogen-bond donors (Lipinski definition) is 2. The van der Waals surface area contributed by atoms with E-state index in [1.807, 2.05) is 0 Å². The van der Waals surface area contributed by atoms with Crippen molar-refractivity contribution >= 4 is 0 Å². The van der Waals surface area contributed by atoms with Crippen molar-refractivity contribution in [2.75, 3.05) is 6.54 Å². The Balaban J connectivity index is 2.64. The minimum atomic E-state index is 0.403. The Labute approximate surface area is 99.2 Å². The zero-order valence-electron chi connectivity index (χ0n) is 10.9. The van der Waals surface area contributed by atoms with Gasteiger partial charge in [0.25, 0.3) is 0 Å². The minimum absolute atomic E-state index is 0.403. The van der Waals surface area contributed by atoms with Crippen molar-refractivity contribution in [1.82, 2.24) is 5.32 Å². The van der Waals surface area contributed by atoms with Gasteiger partial charge in [0.15, 0.2) is 0 Å². The van der Waals surface area contributed by atoms with Crippen LogP contribution in [0.3, 0.4) is 0 Å². The first-order valence-electron chi connectivity index (χ1n) is 6.04. The Bertz CT molecular complexity index is 332. The third-order valence-corrected chi connectivity index (χ3v) is 3.33. The second-order valence-electron chi connectivity index (χ2n) is 4.83. The molecule has 0 bridgehead atoms. The summed E-state index contributed by atoms with van der Waals surface area (Å²) < 4.78 is 0. The number of nitrogens with one attached hydrogen (secondary N) is 1. The van der Waals surface area contributed by atoms with Crippen LogP contribution < -0.4 is 11.1 Å². The second kappa shape index (κ2) is 6.02. The van der Waals surface area contributed by atoms with E-state index in [0.717, 1.165) is 6.54 Å². The Kier molecular flexibility index (Phi) is 4.97. The highest BCUT2D eigenvalue weighted by Crippen LogP contribution is 2.13. The standard InChI is InChI=1S/C14H24N2/c1-10(2)14(8-15)16-9-13-7-5-6-11(3)12(13)4/h5-7,10,14,16H,8-9,15H2,1-4H3. The van der Waals surface area contributed by atoms with E-state index >= 15 is 0 Å². The van der Waals surface area contributed by atoms with E-state index in [9.17, 15) is 0 Å². The molecule has 90 valence electrons. The van der Waals surface area contributed by atoms with Gasteiger partial charge in [-0.15, -0.1) is 0 Å². The summed E-state index contributed by atoms with van der Waals surface area (Å²) in [5.74, 6) is 0.579. The van der Waals surface area contributed by atoms with Crippen molar-refractivity contribution in [1.29, 1.82) is 0 Å². The summed E-state index contributed by atoms with van der Waals surface area (Å²) in [6.45, 7) is 10.3. The largest absolute Gasteiger partial charge is 0.329 e. The molecule has 1 aromatic carbocycles. The van der Waals surface area contributed by atoms with Crippen molar-refractivity contribution in [2.45, 2.75) is 40.3 Å². The van der Waals surface area contributed by atoms with Gasteiger partial charge >= 0.3 is 0 Å².